The Morgan fingerprint density at radius 1 is 1.20 bits per heavy atom. The smallest absolute Gasteiger partial charge is 0.286 e. The van der Waals surface area contributed by atoms with Gasteiger partial charge in [0.25, 0.3) is 11.5 Å². The summed E-state index contributed by atoms with van der Waals surface area (Å²) >= 11 is 1.32. The third-order valence-electron chi connectivity index (χ3n) is 4.34. The molecule has 4 rings (SSSR count). The van der Waals surface area contributed by atoms with Crippen LogP contribution >= 0.6 is 11.8 Å². The van der Waals surface area contributed by atoms with Crippen LogP contribution in [0, 0.1) is 0 Å². The van der Waals surface area contributed by atoms with Crippen LogP contribution in [0.1, 0.15) is 5.56 Å². The van der Waals surface area contributed by atoms with Gasteiger partial charge >= 0.3 is 0 Å². The molecule has 1 saturated heterocycles. The molecule has 0 aliphatic carbocycles. The minimum Gasteiger partial charge on any atom is -0.378 e. The summed E-state index contributed by atoms with van der Waals surface area (Å²) in [5.41, 5.74) is 1.24. The minimum atomic E-state index is -0.290. The van der Waals surface area contributed by atoms with Gasteiger partial charge in [-0.3, -0.25) is 9.59 Å². The average molecular weight is 355 g/mol. The van der Waals surface area contributed by atoms with Gasteiger partial charge in [0.2, 0.25) is 0 Å². The number of benzene rings is 1. The number of hydrogen-bond acceptors (Lipinski definition) is 5. The van der Waals surface area contributed by atoms with Crippen molar-refractivity contribution in [3.8, 4) is 0 Å². The number of carbonyl (C=O) groups is 1. The highest BCUT2D eigenvalue weighted by molar-refractivity contribution is 8.18. The van der Waals surface area contributed by atoms with Crippen LogP contribution in [0.3, 0.4) is 0 Å². The molecule has 25 heavy (non-hydrogen) atoms. The number of pyridine rings is 1. The Morgan fingerprint density at radius 3 is 2.76 bits per heavy atom. The second-order valence-electron chi connectivity index (χ2n) is 5.93. The number of para-hydroxylation sites is 1. The molecule has 0 radical (unpaired) electrons. The number of aliphatic imine (C=N–C) groups is 1. The summed E-state index contributed by atoms with van der Waals surface area (Å²) in [5.74, 6) is -0.290. The molecule has 1 aromatic carbocycles. The first-order valence-electron chi connectivity index (χ1n) is 8.07. The monoisotopic (exact) mass is 355 g/mol. The molecule has 3 heterocycles. The summed E-state index contributed by atoms with van der Waals surface area (Å²) in [5, 5.41) is 1.65. The highest BCUT2D eigenvalue weighted by Gasteiger charge is 2.27. The van der Waals surface area contributed by atoms with E-state index in [9.17, 15) is 9.59 Å². The Morgan fingerprint density at radius 2 is 1.96 bits per heavy atom. The zero-order valence-electron chi connectivity index (χ0n) is 13.8. The molecule has 128 valence electrons. The first kappa shape index (κ1) is 16.1. The van der Waals surface area contributed by atoms with Crippen LogP contribution in [0.4, 0.5) is 0 Å². The van der Waals surface area contributed by atoms with Crippen LogP contribution in [-0.2, 0) is 16.6 Å². The molecular weight excluding hydrogens is 338 g/mol. The van der Waals surface area contributed by atoms with Crippen molar-refractivity contribution in [3.63, 3.8) is 0 Å². The molecule has 1 aromatic heterocycles. The predicted molar refractivity (Wildman–Crippen MR) is 99.6 cm³/mol. The fourth-order valence-corrected chi connectivity index (χ4v) is 3.94. The van der Waals surface area contributed by atoms with Gasteiger partial charge in [-0.05, 0) is 35.4 Å². The zero-order valence-corrected chi connectivity index (χ0v) is 14.6. The number of fused-ring (bicyclic) bond motifs is 1. The fraction of sp³-hybridized carbons (Fsp3) is 0.278. The molecule has 0 atom stereocenters. The quantitative estimate of drug-likeness (QED) is 0.731. The standard InChI is InChI=1S/C18H17N3O3S/c1-20-14-5-3-2-4-12(14)10-13(17(20)23)11-15-16(22)19-18(25-15)21-6-8-24-9-7-21/h2-5,10-11H,6-9H2,1H3/b15-11-. The van der Waals surface area contributed by atoms with E-state index in [1.165, 1.54) is 11.8 Å². The van der Waals surface area contributed by atoms with Crippen LogP contribution in [-0.4, -0.2) is 46.8 Å². The van der Waals surface area contributed by atoms with Crippen LogP contribution in [0.2, 0.25) is 0 Å². The van der Waals surface area contributed by atoms with Crippen molar-refractivity contribution in [2.45, 2.75) is 0 Å². The third-order valence-corrected chi connectivity index (χ3v) is 5.38. The first-order chi connectivity index (χ1) is 12.1. The number of morpholine rings is 1. The first-order valence-corrected chi connectivity index (χ1v) is 8.89. The van der Waals surface area contributed by atoms with Crippen molar-refractivity contribution in [2.24, 2.45) is 12.0 Å². The second-order valence-corrected chi connectivity index (χ2v) is 6.94. The molecule has 0 N–H and O–H groups in total. The second kappa shape index (κ2) is 6.50. The normalized spacial score (nSPS) is 19.7. The van der Waals surface area contributed by atoms with Gasteiger partial charge in [-0.2, -0.15) is 4.99 Å². The lowest BCUT2D eigenvalue weighted by Gasteiger charge is -2.27. The molecule has 7 heteroatoms. The molecular formula is C18H17N3O3S. The van der Waals surface area contributed by atoms with E-state index in [1.807, 2.05) is 35.2 Å². The van der Waals surface area contributed by atoms with Crippen LogP contribution in [0.5, 0.6) is 0 Å². The molecule has 0 bridgehead atoms. The lowest BCUT2D eigenvalue weighted by Crippen LogP contribution is -2.38. The van der Waals surface area contributed by atoms with Crippen LogP contribution < -0.4 is 5.56 Å². The molecule has 0 spiro atoms. The molecule has 1 fully saturated rings. The Balaban J connectivity index is 1.68. The van der Waals surface area contributed by atoms with Gasteiger partial charge in [-0.25, -0.2) is 0 Å². The summed E-state index contributed by atoms with van der Waals surface area (Å²) in [4.78, 5) is 31.5. The number of aromatic nitrogens is 1. The number of hydrogen-bond donors (Lipinski definition) is 0. The summed E-state index contributed by atoms with van der Waals surface area (Å²) < 4.78 is 6.94. The third kappa shape index (κ3) is 3.01. The van der Waals surface area contributed by atoms with Crippen molar-refractivity contribution in [1.82, 2.24) is 9.47 Å². The largest absolute Gasteiger partial charge is 0.378 e. The minimum absolute atomic E-state index is 0.126. The highest BCUT2D eigenvalue weighted by Crippen LogP contribution is 2.30. The van der Waals surface area contributed by atoms with E-state index in [1.54, 1.807) is 17.7 Å². The van der Waals surface area contributed by atoms with E-state index in [0.717, 1.165) is 24.0 Å². The molecule has 2 aliphatic heterocycles. The van der Waals surface area contributed by atoms with Crippen molar-refractivity contribution in [1.29, 1.82) is 0 Å². The lowest BCUT2D eigenvalue weighted by molar-refractivity contribution is -0.113. The van der Waals surface area contributed by atoms with Crippen molar-refractivity contribution < 1.29 is 9.53 Å². The van der Waals surface area contributed by atoms with E-state index in [-0.39, 0.29) is 11.5 Å². The van der Waals surface area contributed by atoms with Crippen molar-refractivity contribution in [3.05, 3.63) is 51.2 Å². The SMILES string of the molecule is Cn1c(=O)c(/C=C2\SC(N3CCOCC3)=NC2=O)cc2ccccc21. The molecule has 0 unspecified atom stereocenters. The van der Waals surface area contributed by atoms with E-state index in [2.05, 4.69) is 4.99 Å². The topological polar surface area (TPSA) is 63.9 Å². The molecule has 0 saturated carbocycles. The number of amidine groups is 1. The van der Waals surface area contributed by atoms with Gasteiger partial charge in [0, 0.05) is 25.7 Å². The Hall–Kier alpha value is -2.38. The summed E-state index contributed by atoms with van der Waals surface area (Å²) in [6, 6.07) is 9.52. The highest BCUT2D eigenvalue weighted by atomic mass is 32.2. The number of carbonyl (C=O) groups excluding carboxylic acids is 1. The maximum absolute atomic E-state index is 12.6. The van der Waals surface area contributed by atoms with Gasteiger partial charge in [0.15, 0.2) is 5.17 Å². The fourth-order valence-electron chi connectivity index (χ4n) is 2.98. The lowest BCUT2D eigenvalue weighted by atomic mass is 10.1. The molecule has 2 aromatic rings. The number of ether oxygens (including phenoxy) is 1. The molecule has 1 amide bonds. The summed E-state index contributed by atoms with van der Waals surface area (Å²) in [6.07, 6.45) is 1.65. The van der Waals surface area contributed by atoms with Gasteiger partial charge in [0.05, 0.1) is 23.6 Å². The number of nitrogens with zero attached hydrogens (tertiary/aromatic N) is 3. The number of amides is 1. The van der Waals surface area contributed by atoms with Gasteiger partial charge in [0.1, 0.15) is 0 Å². The summed E-state index contributed by atoms with van der Waals surface area (Å²) in [6.45, 7) is 2.73. The Bertz CT molecular complexity index is 971. The van der Waals surface area contributed by atoms with E-state index < -0.39 is 0 Å². The summed E-state index contributed by atoms with van der Waals surface area (Å²) in [7, 11) is 1.74. The molecule has 6 nitrogen and oxygen atoms in total. The van der Waals surface area contributed by atoms with Crippen molar-refractivity contribution >= 4 is 39.8 Å². The Kier molecular flexibility index (Phi) is 4.19. The predicted octanol–water partition coefficient (Wildman–Crippen LogP) is 1.84. The van der Waals surface area contributed by atoms with Crippen molar-refractivity contribution in [2.75, 3.05) is 26.3 Å². The van der Waals surface area contributed by atoms with E-state index in [0.29, 0.717) is 28.9 Å². The maximum atomic E-state index is 12.6. The Labute approximate surface area is 148 Å². The molecule has 2 aliphatic rings. The number of rotatable bonds is 1. The van der Waals surface area contributed by atoms with E-state index >= 15 is 0 Å². The number of aryl methyl sites for hydroxylation is 1. The zero-order chi connectivity index (χ0) is 17.4. The van der Waals surface area contributed by atoms with E-state index in [4.69, 9.17) is 4.74 Å². The van der Waals surface area contributed by atoms with Crippen LogP contribution in [0.15, 0.2) is 45.0 Å². The van der Waals surface area contributed by atoms with Gasteiger partial charge in [-0.1, -0.05) is 18.2 Å². The maximum Gasteiger partial charge on any atom is 0.286 e. The number of thioether (sulfide) groups is 1. The van der Waals surface area contributed by atoms with Crippen LogP contribution in [0.25, 0.3) is 17.0 Å². The van der Waals surface area contributed by atoms with Gasteiger partial charge < -0.3 is 14.2 Å². The average Bonchev–Trinajstić information content (AvgIpc) is 3.01. The van der Waals surface area contributed by atoms with Gasteiger partial charge in [-0.15, -0.1) is 0 Å².